The first-order chi connectivity index (χ1) is 10.2. The van der Waals surface area contributed by atoms with E-state index in [0.717, 1.165) is 29.7 Å². The monoisotopic (exact) mass is 304 g/mol. The van der Waals surface area contributed by atoms with E-state index in [4.69, 9.17) is 11.6 Å². The van der Waals surface area contributed by atoms with Crippen LogP contribution in [0, 0.1) is 5.92 Å². The van der Waals surface area contributed by atoms with Crippen molar-refractivity contribution in [1.82, 2.24) is 15.1 Å². The molecular weight excluding hydrogens is 284 g/mol. The van der Waals surface area contributed by atoms with Gasteiger partial charge in [0, 0.05) is 23.9 Å². The van der Waals surface area contributed by atoms with Crippen LogP contribution < -0.4 is 5.32 Å². The lowest BCUT2D eigenvalue weighted by molar-refractivity contribution is 0.294. The van der Waals surface area contributed by atoms with E-state index >= 15 is 0 Å². The summed E-state index contributed by atoms with van der Waals surface area (Å²) in [6.45, 7) is 6.81. The van der Waals surface area contributed by atoms with Gasteiger partial charge in [0.15, 0.2) is 11.0 Å². The van der Waals surface area contributed by atoms with Crippen LogP contribution in [0.4, 0.5) is 5.82 Å². The minimum Gasteiger partial charge on any atom is -0.368 e. The normalized spacial score (nSPS) is 17.2. The van der Waals surface area contributed by atoms with E-state index in [1.807, 2.05) is 24.3 Å². The predicted octanol–water partition coefficient (Wildman–Crippen LogP) is 3.43. The molecule has 1 N–H and O–H groups in total. The first-order valence-corrected chi connectivity index (χ1v) is 7.99. The summed E-state index contributed by atoms with van der Waals surface area (Å²) in [6, 6.07) is 7.98. The molecule has 0 spiro atoms. The van der Waals surface area contributed by atoms with Crippen molar-refractivity contribution in [2.75, 3.05) is 31.5 Å². The highest BCUT2D eigenvalue weighted by molar-refractivity contribution is 6.34. The third kappa shape index (κ3) is 3.44. The van der Waals surface area contributed by atoms with Crippen LogP contribution in [0.15, 0.2) is 24.3 Å². The fourth-order valence-electron chi connectivity index (χ4n) is 2.94. The van der Waals surface area contributed by atoms with Crippen LogP contribution in [0.25, 0.3) is 10.8 Å². The van der Waals surface area contributed by atoms with Crippen LogP contribution in [-0.2, 0) is 0 Å². The number of nitrogens with one attached hydrogen (secondary N) is 1. The number of aromatic nitrogens is 2. The summed E-state index contributed by atoms with van der Waals surface area (Å²) >= 11 is 6.10. The average molecular weight is 305 g/mol. The summed E-state index contributed by atoms with van der Waals surface area (Å²) < 4.78 is 0. The van der Waals surface area contributed by atoms with Gasteiger partial charge >= 0.3 is 0 Å². The molecule has 21 heavy (non-hydrogen) atoms. The molecule has 3 rings (SSSR count). The quantitative estimate of drug-likeness (QED) is 0.919. The molecule has 1 fully saturated rings. The largest absolute Gasteiger partial charge is 0.368 e. The second-order valence-electron chi connectivity index (χ2n) is 5.88. The number of halogens is 1. The SMILES string of the molecule is CC(CNc1nnc(Cl)c2ccccc12)CN1CCCC1. The molecule has 1 atom stereocenters. The van der Waals surface area contributed by atoms with Gasteiger partial charge in [0.1, 0.15) is 0 Å². The number of nitrogens with zero attached hydrogens (tertiary/aromatic N) is 3. The number of hydrogen-bond donors (Lipinski definition) is 1. The highest BCUT2D eigenvalue weighted by atomic mass is 35.5. The van der Waals surface area contributed by atoms with E-state index in [9.17, 15) is 0 Å². The van der Waals surface area contributed by atoms with Crippen LogP contribution >= 0.6 is 11.6 Å². The topological polar surface area (TPSA) is 41.1 Å². The molecule has 0 saturated carbocycles. The van der Waals surface area contributed by atoms with Crippen molar-refractivity contribution in [1.29, 1.82) is 0 Å². The number of fused-ring (bicyclic) bond motifs is 1. The summed E-state index contributed by atoms with van der Waals surface area (Å²) in [5, 5.41) is 14.1. The van der Waals surface area contributed by atoms with E-state index in [-0.39, 0.29) is 0 Å². The van der Waals surface area contributed by atoms with Crippen molar-refractivity contribution in [3.8, 4) is 0 Å². The third-order valence-electron chi connectivity index (χ3n) is 4.03. The number of likely N-dealkylation sites (tertiary alicyclic amines) is 1. The van der Waals surface area contributed by atoms with Gasteiger partial charge in [-0.1, -0.05) is 42.8 Å². The molecule has 0 aliphatic carbocycles. The fourth-order valence-corrected chi connectivity index (χ4v) is 3.15. The minimum atomic E-state index is 0.460. The molecule has 5 heteroatoms. The molecule has 0 amide bonds. The van der Waals surface area contributed by atoms with Crippen LogP contribution in [0.3, 0.4) is 0 Å². The van der Waals surface area contributed by atoms with Gasteiger partial charge in [-0.3, -0.25) is 0 Å². The van der Waals surface area contributed by atoms with Gasteiger partial charge in [-0.25, -0.2) is 0 Å². The van der Waals surface area contributed by atoms with Gasteiger partial charge < -0.3 is 10.2 Å². The Kier molecular flexibility index (Phi) is 4.56. The van der Waals surface area contributed by atoms with Crippen LogP contribution in [-0.4, -0.2) is 41.3 Å². The first-order valence-electron chi connectivity index (χ1n) is 7.61. The summed E-state index contributed by atoms with van der Waals surface area (Å²) in [6.07, 6.45) is 2.68. The number of benzene rings is 1. The molecule has 2 aromatic rings. The molecule has 0 bridgehead atoms. The molecule has 1 saturated heterocycles. The van der Waals surface area contributed by atoms with E-state index in [1.165, 1.54) is 25.9 Å². The van der Waals surface area contributed by atoms with Crippen molar-refractivity contribution in [3.63, 3.8) is 0 Å². The Balaban J connectivity index is 1.66. The molecule has 112 valence electrons. The Bertz CT molecular complexity index is 610. The summed E-state index contributed by atoms with van der Waals surface area (Å²) in [7, 11) is 0. The maximum absolute atomic E-state index is 6.10. The van der Waals surface area contributed by atoms with Gasteiger partial charge in [-0.15, -0.1) is 10.2 Å². The summed E-state index contributed by atoms with van der Waals surface area (Å²) in [5.74, 6) is 1.41. The van der Waals surface area contributed by atoms with Crippen molar-refractivity contribution in [2.24, 2.45) is 5.92 Å². The highest BCUT2D eigenvalue weighted by Crippen LogP contribution is 2.25. The third-order valence-corrected chi connectivity index (χ3v) is 4.31. The van der Waals surface area contributed by atoms with Gasteiger partial charge in [-0.2, -0.15) is 0 Å². The second kappa shape index (κ2) is 6.58. The first kappa shape index (κ1) is 14.5. The minimum absolute atomic E-state index is 0.460. The van der Waals surface area contributed by atoms with Crippen molar-refractivity contribution in [2.45, 2.75) is 19.8 Å². The molecule has 2 heterocycles. The maximum Gasteiger partial charge on any atom is 0.159 e. The van der Waals surface area contributed by atoms with Gasteiger partial charge in [0.2, 0.25) is 0 Å². The lowest BCUT2D eigenvalue weighted by Gasteiger charge is -2.20. The second-order valence-corrected chi connectivity index (χ2v) is 6.24. The Morgan fingerprint density at radius 1 is 1.19 bits per heavy atom. The lowest BCUT2D eigenvalue weighted by Crippen LogP contribution is -2.29. The van der Waals surface area contributed by atoms with Gasteiger partial charge in [0.05, 0.1) is 0 Å². The van der Waals surface area contributed by atoms with Crippen molar-refractivity contribution in [3.05, 3.63) is 29.4 Å². The average Bonchev–Trinajstić information content (AvgIpc) is 3.00. The maximum atomic E-state index is 6.10. The van der Waals surface area contributed by atoms with Crippen molar-refractivity contribution >= 4 is 28.2 Å². The summed E-state index contributed by atoms with van der Waals surface area (Å²) in [5.41, 5.74) is 0. The van der Waals surface area contributed by atoms with Gasteiger partial charge in [-0.05, 0) is 31.8 Å². The zero-order valence-electron chi connectivity index (χ0n) is 12.3. The standard InChI is InChI=1S/C16H21ClN4/c1-12(11-21-8-4-5-9-21)10-18-16-14-7-3-2-6-13(14)15(17)19-20-16/h2-3,6-7,12H,4-5,8-11H2,1H3,(H,18,20). The number of rotatable bonds is 5. The smallest absolute Gasteiger partial charge is 0.159 e. The lowest BCUT2D eigenvalue weighted by atomic mass is 10.1. The van der Waals surface area contributed by atoms with Crippen molar-refractivity contribution < 1.29 is 0 Å². The number of hydrogen-bond acceptors (Lipinski definition) is 4. The summed E-state index contributed by atoms with van der Waals surface area (Å²) in [4.78, 5) is 2.54. The highest BCUT2D eigenvalue weighted by Gasteiger charge is 2.15. The Morgan fingerprint density at radius 3 is 2.67 bits per heavy atom. The van der Waals surface area contributed by atoms with Crippen LogP contribution in [0.5, 0.6) is 0 Å². The van der Waals surface area contributed by atoms with Gasteiger partial charge in [0.25, 0.3) is 0 Å². The molecule has 1 unspecified atom stereocenters. The fraction of sp³-hybridized carbons (Fsp3) is 0.500. The Morgan fingerprint density at radius 2 is 1.90 bits per heavy atom. The molecule has 1 aliphatic heterocycles. The molecular formula is C16H21ClN4. The number of anilines is 1. The van der Waals surface area contributed by atoms with E-state index in [2.05, 4.69) is 27.3 Å². The zero-order chi connectivity index (χ0) is 14.7. The van der Waals surface area contributed by atoms with E-state index in [0.29, 0.717) is 11.1 Å². The van der Waals surface area contributed by atoms with Crippen LogP contribution in [0.2, 0.25) is 5.15 Å². The predicted molar refractivity (Wildman–Crippen MR) is 87.9 cm³/mol. The Labute approximate surface area is 130 Å². The van der Waals surface area contributed by atoms with E-state index in [1.54, 1.807) is 0 Å². The molecule has 1 aromatic carbocycles. The molecule has 0 radical (unpaired) electrons. The Hall–Kier alpha value is -1.39. The van der Waals surface area contributed by atoms with Crippen LogP contribution in [0.1, 0.15) is 19.8 Å². The molecule has 1 aromatic heterocycles. The van der Waals surface area contributed by atoms with E-state index < -0.39 is 0 Å². The zero-order valence-corrected chi connectivity index (χ0v) is 13.1. The molecule has 1 aliphatic rings. The molecule has 4 nitrogen and oxygen atoms in total.